The van der Waals surface area contributed by atoms with Gasteiger partial charge in [-0.05, 0) is 24.3 Å². The van der Waals surface area contributed by atoms with Gasteiger partial charge in [-0.2, -0.15) is 4.98 Å². The molecule has 5 rings (SSSR count). The van der Waals surface area contributed by atoms with E-state index in [4.69, 9.17) is 9.47 Å². The summed E-state index contributed by atoms with van der Waals surface area (Å²) >= 11 is 0. The molecule has 7 heteroatoms. The van der Waals surface area contributed by atoms with Crippen LogP contribution in [0.4, 0.5) is 5.95 Å². The van der Waals surface area contributed by atoms with Crippen molar-refractivity contribution in [3.63, 3.8) is 0 Å². The molecular formula is C23H18N4O3. The molecule has 2 N–H and O–H groups in total. The minimum absolute atomic E-state index is 0.197. The molecule has 0 saturated carbocycles. The molecule has 30 heavy (non-hydrogen) atoms. The van der Waals surface area contributed by atoms with Crippen molar-refractivity contribution < 1.29 is 14.3 Å². The number of nitrogens with one attached hydrogen (secondary N) is 2. The number of hydrogen-bond acceptors (Lipinski definition) is 5. The standard InChI is InChI=1S/C23H18N4O3/c1-29-17-11-5-4-10-16(17)21-24-23(27-26-21)25-22(28)20-14-8-2-6-12-18(14)30-19-13-7-3-9-15(19)20/h2-13,20H,1H3,(H2,24,25,26,27,28). The van der Waals surface area contributed by atoms with Crippen LogP contribution in [0.25, 0.3) is 11.4 Å². The molecule has 0 fully saturated rings. The molecule has 1 aliphatic heterocycles. The van der Waals surface area contributed by atoms with Gasteiger partial charge in [0.05, 0.1) is 18.6 Å². The van der Waals surface area contributed by atoms with E-state index in [9.17, 15) is 4.79 Å². The van der Waals surface area contributed by atoms with E-state index in [2.05, 4.69) is 20.5 Å². The third kappa shape index (κ3) is 3.06. The average Bonchev–Trinajstić information content (AvgIpc) is 3.25. The number of methoxy groups -OCH3 is 1. The number of fused-ring (bicyclic) bond motifs is 2. The first-order valence-corrected chi connectivity index (χ1v) is 9.47. The summed E-state index contributed by atoms with van der Waals surface area (Å²) in [5.74, 6) is 1.95. The highest BCUT2D eigenvalue weighted by molar-refractivity contribution is 5.98. The second-order valence-corrected chi connectivity index (χ2v) is 6.81. The van der Waals surface area contributed by atoms with Crippen molar-refractivity contribution in [3.8, 4) is 28.6 Å². The summed E-state index contributed by atoms with van der Waals surface area (Å²) in [6, 6.07) is 22.5. The maximum atomic E-state index is 13.3. The summed E-state index contributed by atoms with van der Waals surface area (Å²) in [7, 11) is 1.60. The van der Waals surface area contributed by atoms with Crippen molar-refractivity contribution in [1.82, 2.24) is 15.2 Å². The fraction of sp³-hybridized carbons (Fsp3) is 0.0870. The van der Waals surface area contributed by atoms with Crippen molar-refractivity contribution >= 4 is 11.9 Å². The van der Waals surface area contributed by atoms with Gasteiger partial charge in [0.1, 0.15) is 17.2 Å². The lowest BCUT2D eigenvalue weighted by Crippen LogP contribution is -2.25. The number of ether oxygens (including phenoxy) is 2. The summed E-state index contributed by atoms with van der Waals surface area (Å²) < 4.78 is 11.3. The summed E-state index contributed by atoms with van der Waals surface area (Å²) in [5.41, 5.74) is 2.36. The van der Waals surface area contributed by atoms with Gasteiger partial charge in [-0.1, -0.05) is 48.5 Å². The Morgan fingerprint density at radius 3 is 2.30 bits per heavy atom. The normalized spacial score (nSPS) is 12.4. The Hall–Kier alpha value is -4.13. The van der Waals surface area contributed by atoms with Crippen molar-refractivity contribution in [2.45, 2.75) is 5.92 Å². The maximum Gasteiger partial charge on any atom is 0.249 e. The second kappa shape index (κ2) is 7.36. The number of carbonyl (C=O) groups excluding carboxylic acids is 1. The number of carbonyl (C=O) groups is 1. The number of aromatic amines is 1. The number of anilines is 1. The predicted octanol–water partition coefficient (Wildman–Crippen LogP) is 4.36. The van der Waals surface area contributed by atoms with Gasteiger partial charge in [0, 0.05) is 11.1 Å². The molecule has 3 aromatic carbocycles. The number of benzene rings is 3. The van der Waals surface area contributed by atoms with E-state index in [0.717, 1.165) is 16.7 Å². The van der Waals surface area contributed by atoms with Gasteiger partial charge in [0.25, 0.3) is 0 Å². The number of aromatic nitrogens is 3. The number of para-hydroxylation sites is 3. The number of amides is 1. The first kappa shape index (κ1) is 17.9. The van der Waals surface area contributed by atoms with E-state index in [-0.39, 0.29) is 11.9 Å². The molecule has 1 amide bonds. The smallest absolute Gasteiger partial charge is 0.249 e. The number of hydrogen-bond donors (Lipinski definition) is 2. The minimum atomic E-state index is -0.528. The van der Waals surface area contributed by atoms with Crippen LogP contribution in [0.1, 0.15) is 17.0 Å². The molecule has 1 aliphatic rings. The molecule has 148 valence electrons. The Bertz CT molecular complexity index is 1190. The molecule has 1 aromatic heterocycles. The highest BCUT2D eigenvalue weighted by Gasteiger charge is 2.33. The van der Waals surface area contributed by atoms with Crippen LogP contribution in [0.15, 0.2) is 72.8 Å². The zero-order valence-electron chi connectivity index (χ0n) is 16.1. The first-order chi connectivity index (χ1) is 14.7. The zero-order valence-corrected chi connectivity index (χ0v) is 16.1. The maximum absolute atomic E-state index is 13.3. The number of rotatable bonds is 4. The van der Waals surface area contributed by atoms with Crippen molar-refractivity contribution in [2.24, 2.45) is 0 Å². The zero-order chi connectivity index (χ0) is 20.5. The van der Waals surface area contributed by atoms with Crippen LogP contribution in [-0.2, 0) is 4.79 Å². The first-order valence-electron chi connectivity index (χ1n) is 9.47. The van der Waals surface area contributed by atoms with Crippen LogP contribution in [0.3, 0.4) is 0 Å². The molecule has 0 atom stereocenters. The van der Waals surface area contributed by atoms with Gasteiger partial charge in [0.15, 0.2) is 5.82 Å². The van der Waals surface area contributed by atoms with Gasteiger partial charge >= 0.3 is 0 Å². The Morgan fingerprint density at radius 2 is 1.60 bits per heavy atom. The molecule has 0 bridgehead atoms. The van der Waals surface area contributed by atoms with Crippen LogP contribution in [0, 0.1) is 0 Å². The monoisotopic (exact) mass is 398 g/mol. The topological polar surface area (TPSA) is 89.1 Å². The summed E-state index contributed by atoms with van der Waals surface area (Å²) in [4.78, 5) is 17.7. The second-order valence-electron chi connectivity index (χ2n) is 6.81. The molecule has 2 heterocycles. The summed E-state index contributed by atoms with van der Waals surface area (Å²) in [6.45, 7) is 0. The van der Waals surface area contributed by atoms with E-state index in [0.29, 0.717) is 23.1 Å². The van der Waals surface area contributed by atoms with E-state index in [1.807, 2.05) is 72.8 Å². The van der Waals surface area contributed by atoms with E-state index >= 15 is 0 Å². The molecule has 0 aliphatic carbocycles. The fourth-order valence-corrected chi connectivity index (χ4v) is 3.65. The molecule has 4 aromatic rings. The van der Waals surface area contributed by atoms with Gasteiger partial charge in [-0.25, -0.2) is 0 Å². The molecule has 0 unspecified atom stereocenters. The highest BCUT2D eigenvalue weighted by atomic mass is 16.5. The van der Waals surface area contributed by atoms with Crippen molar-refractivity contribution in [2.75, 3.05) is 12.4 Å². The lowest BCUT2D eigenvalue weighted by atomic mass is 9.87. The summed E-state index contributed by atoms with van der Waals surface area (Å²) in [6.07, 6.45) is 0. The Morgan fingerprint density at radius 1 is 0.967 bits per heavy atom. The van der Waals surface area contributed by atoms with E-state index in [1.165, 1.54) is 0 Å². The SMILES string of the molecule is COc1ccccc1-c1nc(NC(=O)C2c3ccccc3Oc3ccccc32)n[nH]1. The van der Waals surface area contributed by atoms with Gasteiger partial charge in [0.2, 0.25) is 11.9 Å². The average molecular weight is 398 g/mol. The molecule has 0 spiro atoms. The predicted molar refractivity (Wildman–Crippen MR) is 112 cm³/mol. The third-order valence-electron chi connectivity index (χ3n) is 5.02. The third-order valence-corrected chi connectivity index (χ3v) is 5.02. The van der Waals surface area contributed by atoms with Crippen molar-refractivity contribution in [1.29, 1.82) is 0 Å². The lowest BCUT2D eigenvalue weighted by molar-refractivity contribution is -0.116. The van der Waals surface area contributed by atoms with Crippen LogP contribution in [0.2, 0.25) is 0 Å². The number of H-pyrrole nitrogens is 1. The fourth-order valence-electron chi connectivity index (χ4n) is 3.65. The van der Waals surface area contributed by atoms with Gasteiger partial charge < -0.3 is 9.47 Å². The molecular weight excluding hydrogens is 380 g/mol. The van der Waals surface area contributed by atoms with Crippen LogP contribution in [0.5, 0.6) is 17.2 Å². The van der Waals surface area contributed by atoms with E-state index in [1.54, 1.807) is 7.11 Å². The molecule has 7 nitrogen and oxygen atoms in total. The molecule has 0 radical (unpaired) electrons. The lowest BCUT2D eigenvalue weighted by Gasteiger charge is -2.26. The quantitative estimate of drug-likeness (QED) is 0.533. The van der Waals surface area contributed by atoms with Gasteiger partial charge in [-0.15, -0.1) is 5.10 Å². The Labute approximate surface area is 172 Å². The summed E-state index contributed by atoms with van der Waals surface area (Å²) in [5, 5.41) is 9.86. The Balaban J connectivity index is 1.46. The number of nitrogens with zero attached hydrogens (tertiary/aromatic N) is 2. The van der Waals surface area contributed by atoms with Crippen LogP contribution >= 0.6 is 0 Å². The van der Waals surface area contributed by atoms with E-state index < -0.39 is 5.92 Å². The van der Waals surface area contributed by atoms with Gasteiger partial charge in [-0.3, -0.25) is 15.2 Å². The largest absolute Gasteiger partial charge is 0.496 e. The van der Waals surface area contributed by atoms with Crippen molar-refractivity contribution in [3.05, 3.63) is 83.9 Å². The highest BCUT2D eigenvalue weighted by Crippen LogP contribution is 2.44. The Kier molecular flexibility index (Phi) is 4.40. The molecule has 0 saturated heterocycles. The van der Waals surface area contributed by atoms with Crippen LogP contribution < -0.4 is 14.8 Å². The van der Waals surface area contributed by atoms with Crippen LogP contribution in [-0.4, -0.2) is 28.2 Å². The minimum Gasteiger partial charge on any atom is -0.496 e.